The fourth-order valence-corrected chi connectivity index (χ4v) is 3.71. The van der Waals surface area contributed by atoms with Gasteiger partial charge < -0.3 is 14.6 Å². The van der Waals surface area contributed by atoms with Crippen LogP contribution in [0.2, 0.25) is 0 Å². The number of amides is 1. The maximum Gasteiger partial charge on any atom is 0.244 e. The molecule has 3 aromatic carbocycles. The number of aromatic nitrogens is 2. The second kappa shape index (κ2) is 11.1. The largest absolute Gasteiger partial charge is 0.494 e. The molecule has 0 aliphatic carbocycles. The van der Waals surface area contributed by atoms with Gasteiger partial charge in [0.2, 0.25) is 5.91 Å². The molecule has 0 atom stereocenters. The fraction of sp³-hybridized carbons (Fsp3) is 0.214. The summed E-state index contributed by atoms with van der Waals surface area (Å²) in [6.45, 7) is 3.89. The average Bonchev–Trinajstić information content (AvgIpc) is 3.22. The van der Waals surface area contributed by atoms with Crippen LogP contribution in [-0.4, -0.2) is 22.1 Å². The maximum atomic E-state index is 12.3. The molecule has 0 fully saturated rings. The van der Waals surface area contributed by atoms with Gasteiger partial charge in [-0.15, -0.1) is 0 Å². The van der Waals surface area contributed by atoms with Gasteiger partial charge in [-0.2, -0.15) is 0 Å². The van der Waals surface area contributed by atoms with Gasteiger partial charge in [0.25, 0.3) is 0 Å². The quantitative estimate of drug-likeness (QED) is 0.266. The van der Waals surface area contributed by atoms with Gasteiger partial charge in [0.1, 0.15) is 11.6 Å². The summed E-state index contributed by atoms with van der Waals surface area (Å²) < 4.78 is 8.08. The number of carbonyl (C=O) groups excluding carboxylic acids is 1. The van der Waals surface area contributed by atoms with Crippen molar-refractivity contribution in [2.24, 2.45) is 0 Å². The van der Waals surface area contributed by atoms with Gasteiger partial charge in [0, 0.05) is 12.6 Å². The summed E-state index contributed by atoms with van der Waals surface area (Å²) >= 11 is 0. The predicted molar refractivity (Wildman–Crippen MR) is 133 cm³/mol. The number of para-hydroxylation sites is 2. The highest BCUT2D eigenvalue weighted by Crippen LogP contribution is 2.17. The Balaban J connectivity index is 1.36. The molecule has 5 nitrogen and oxygen atoms in total. The Labute approximate surface area is 194 Å². The van der Waals surface area contributed by atoms with Crippen LogP contribution in [0, 0.1) is 0 Å². The van der Waals surface area contributed by atoms with E-state index in [1.54, 1.807) is 6.08 Å². The van der Waals surface area contributed by atoms with Crippen molar-refractivity contribution in [3.63, 3.8) is 0 Å². The number of carbonyl (C=O) groups is 1. The van der Waals surface area contributed by atoms with Crippen LogP contribution in [0.3, 0.4) is 0 Å². The zero-order valence-corrected chi connectivity index (χ0v) is 18.9. The van der Waals surface area contributed by atoms with Crippen molar-refractivity contribution in [2.75, 3.05) is 6.61 Å². The molecule has 1 heterocycles. The molecule has 0 radical (unpaired) electrons. The summed E-state index contributed by atoms with van der Waals surface area (Å²) in [6.07, 6.45) is 5.22. The normalized spacial score (nSPS) is 11.2. The Morgan fingerprint density at radius 2 is 1.76 bits per heavy atom. The van der Waals surface area contributed by atoms with Gasteiger partial charge in [-0.05, 0) is 54.3 Å². The number of aryl methyl sites for hydroxylation is 2. The van der Waals surface area contributed by atoms with Crippen LogP contribution in [0.1, 0.15) is 30.3 Å². The van der Waals surface area contributed by atoms with Crippen molar-refractivity contribution in [3.05, 3.63) is 102 Å². The molecule has 0 unspecified atom stereocenters. The summed E-state index contributed by atoms with van der Waals surface area (Å²) in [5.41, 5.74) is 4.29. The van der Waals surface area contributed by atoms with E-state index in [0.717, 1.165) is 47.6 Å². The first kappa shape index (κ1) is 22.3. The van der Waals surface area contributed by atoms with Crippen molar-refractivity contribution < 1.29 is 9.53 Å². The number of benzene rings is 3. The minimum atomic E-state index is -0.142. The molecular weight excluding hydrogens is 410 g/mol. The molecule has 0 aliphatic heterocycles. The highest BCUT2D eigenvalue weighted by Gasteiger charge is 2.11. The monoisotopic (exact) mass is 439 g/mol. The fourth-order valence-electron chi connectivity index (χ4n) is 3.71. The summed E-state index contributed by atoms with van der Waals surface area (Å²) in [4.78, 5) is 17.1. The van der Waals surface area contributed by atoms with Gasteiger partial charge in [-0.25, -0.2) is 4.98 Å². The summed E-state index contributed by atoms with van der Waals surface area (Å²) in [6, 6.07) is 26.1. The number of nitrogens with one attached hydrogen (secondary N) is 1. The van der Waals surface area contributed by atoms with Crippen LogP contribution in [0.25, 0.3) is 17.1 Å². The molecule has 0 saturated heterocycles. The number of hydrogen-bond acceptors (Lipinski definition) is 3. The third-order valence-electron chi connectivity index (χ3n) is 5.51. The summed E-state index contributed by atoms with van der Waals surface area (Å²) in [5, 5.41) is 2.96. The number of fused-ring (bicyclic) bond motifs is 1. The summed E-state index contributed by atoms with van der Waals surface area (Å²) in [5.74, 6) is 1.58. The van der Waals surface area contributed by atoms with Gasteiger partial charge >= 0.3 is 0 Å². The lowest BCUT2D eigenvalue weighted by Gasteiger charge is -2.11. The van der Waals surface area contributed by atoms with E-state index in [-0.39, 0.29) is 5.91 Å². The first-order chi connectivity index (χ1) is 16.2. The number of rotatable bonds is 10. The molecule has 168 valence electrons. The first-order valence-corrected chi connectivity index (χ1v) is 11.4. The Kier molecular flexibility index (Phi) is 7.54. The molecule has 0 saturated carbocycles. The molecule has 0 aliphatic rings. The molecule has 1 aromatic heterocycles. The van der Waals surface area contributed by atoms with E-state index < -0.39 is 0 Å². The molecule has 0 spiro atoms. The van der Waals surface area contributed by atoms with E-state index in [0.29, 0.717) is 13.2 Å². The van der Waals surface area contributed by atoms with E-state index in [1.165, 1.54) is 5.56 Å². The highest BCUT2D eigenvalue weighted by molar-refractivity contribution is 5.91. The minimum Gasteiger partial charge on any atom is -0.494 e. The zero-order valence-electron chi connectivity index (χ0n) is 18.9. The van der Waals surface area contributed by atoms with Crippen LogP contribution in [0.4, 0.5) is 0 Å². The SMILES string of the molecule is CCc1ccc(OCCCn2c(CNC(=O)/C=C\c3ccccc3)nc3ccccc32)cc1. The van der Waals surface area contributed by atoms with E-state index in [1.807, 2.05) is 66.7 Å². The van der Waals surface area contributed by atoms with Crippen molar-refractivity contribution in [3.8, 4) is 5.75 Å². The van der Waals surface area contributed by atoms with Gasteiger partial charge in [-0.1, -0.05) is 61.5 Å². The van der Waals surface area contributed by atoms with Gasteiger partial charge in [0.05, 0.1) is 24.2 Å². The number of imidazole rings is 1. The van der Waals surface area contributed by atoms with Crippen LogP contribution in [-0.2, 0) is 24.3 Å². The van der Waals surface area contributed by atoms with Crippen LogP contribution in [0.5, 0.6) is 5.75 Å². The second-order valence-corrected chi connectivity index (χ2v) is 7.83. The predicted octanol–water partition coefficient (Wildman–Crippen LogP) is 5.40. The van der Waals surface area contributed by atoms with Gasteiger partial charge in [-0.3, -0.25) is 4.79 Å². The van der Waals surface area contributed by atoms with E-state index in [4.69, 9.17) is 9.72 Å². The topological polar surface area (TPSA) is 56.1 Å². The average molecular weight is 440 g/mol. The second-order valence-electron chi connectivity index (χ2n) is 7.83. The smallest absolute Gasteiger partial charge is 0.244 e. The first-order valence-electron chi connectivity index (χ1n) is 11.4. The van der Waals surface area contributed by atoms with Crippen molar-refractivity contribution in [1.82, 2.24) is 14.9 Å². The molecule has 1 N–H and O–H groups in total. The van der Waals surface area contributed by atoms with Crippen molar-refractivity contribution in [1.29, 1.82) is 0 Å². The van der Waals surface area contributed by atoms with Crippen molar-refractivity contribution >= 4 is 23.0 Å². The Morgan fingerprint density at radius 3 is 2.55 bits per heavy atom. The third-order valence-corrected chi connectivity index (χ3v) is 5.51. The number of ether oxygens (including phenoxy) is 1. The minimum absolute atomic E-state index is 0.142. The highest BCUT2D eigenvalue weighted by atomic mass is 16.5. The molecule has 0 bridgehead atoms. The number of hydrogen-bond donors (Lipinski definition) is 1. The maximum absolute atomic E-state index is 12.3. The van der Waals surface area contributed by atoms with E-state index in [2.05, 4.69) is 35.0 Å². The molecule has 5 heteroatoms. The Bertz CT molecular complexity index is 1210. The number of nitrogens with zero attached hydrogens (tertiary/aromatic N) is 2. The lowest BCUT2D eigenvalue weighted by molar-refractivity contribution is -0.116. The lowest BCUT2D eigenvalue weighted by atomic mass is 10.2. The van der Waals surface area contributed by atoms with Crippen LogP contribution < -0.4 is 10.1 Å². The van der Waals surface area contributed by atoms with Crippen molar-refractivity contribution in [2.45, 2.75) is 32.9 Å². The Hall–Kier alpha value is -3.86. The molecule has 33 heavy (non-hydrogen) atoms. The molecule has 4 rings (SSSR count). The van der Waals surface area contributed by atoms with E-state index in [9.17, 15) is 4.79 Å². The Morgan fingerprint density at radius 1 is 1.00 bits per heavy atom. The lowest BCUT2D eigenvalue weighted by Crippen LogP contribution is -2.23. The summed E-state index contributed by atoms with van der Waals surface area (Å²) in [7, 11) is 0. The standard InChI is InChI=1S/C28H29N3O2/c1-2-22-13-16-24(17-14-22)33-20-8-19-31-26-12-7-6-11-25(26)30-27(31)21-29-28(32)18-15-23-9-4-3-5-10-23/h3-7,9-18H,2,8,19-21H2,1H3,(H,29,32)/b18-15-. The van der Waals surface area contributed by atoms with Crippen LogP contribution in [0.15, 0.2) is 84.9 Å². The molecule has 4 aromatic rings. The van der Waals surface area contributed by atoms with Crippen LogP contribution >= 0.6 is 0 Å². The zero-order chi connectivity index (χ0) is 22.9. The van der Waals surface area contributed by atoms with E-state index >= 15 is 0 Å². The molecular formula is C28H29N3O2. The van der Waals surface area contributed by atoms with Gasteiger partial charge in [0.15, 0.2) is 0 Å². The molecule has 1 amide bonds. The third kappa shape index (κ3) is 6.10.